The third kappa shape index (κ3) is 5.40. The quantitative estimate of drug-likeness (QED) is 0.377. The Hall–Kier alpha value is -4.40. The van der Waals surface area contributed by atoms with Crippen molar-refractivity contribution < 1.29 is 19.1 Å². The minimum absolute atomic E-state index is 0.242. The second-order valence-electron chi connectivity index (χ2n) is 10.1. The summed E-state index contributed by atoms with van der Waals surface area (Å²) in [6.45, 7) is 8.34. The van der Waals surface area contributed by atoms with Crippen LogP contribution in [0.4, 0.5) is 15.3 Å². The van der Waals surface area contributed by atoms with Gasteiger partial charge in [-0.1, -0.05) is 12.1 Å². The largest absolute Gasteiger partial charge is 0.444 e. The average Bonchev–Trinajstić information content (AvgIpc) is 3.26. The number of fused-ring (bicyclic) bond motifs is 2. The molecule has 0 saturated carbocycles. The molecule has 0 saturated heterocycles. The molecular weight excluding hydrogens is 470 g/mol. The van der Waals surface area contributed by atoms with Gasteiger partial charge < -0.3 is 19.7 Å². The van der Waals surface area contributed by atoms with Crippen LogP contribution in [-0.2, 0) is 17.7 Å². The molecule has 4 aromatic rings. The molecule has 0 atom stereocenters. The summed E-state index contributed by atoms with van der Waals surface area (Å²) in [5.41, 5.74) is 3.62. The zero-order valence-electron chi connectivity index (χ0n) is 21.3. The van der Waals surface area contributed by atoms with Crippen LogP contribution in [0.3, 0.4) is 0 Å². The number of benzene rings is 2. The van der Waals surface area contributed by atoms with E-state index in [4.69, 9.17) is 9.47 Å². The lowest BCUT2D eigenvalue weighted by molar-refractivity contribution is 0.0219. The number of hydrogen-bond donors (Lipinski definition) is 1. The van der Waals surface area contributed by atoms with Crippen molar-refractivity contribution in [2.45, 2.75) is 46.3 Å². The van der Waals surface area contributed by atoms with E-state index in [2.05, 4.69) is 15.3 Å². The molecule has 2 amide bonds. The maximum Gasteiger partial charge on any atom is 0.410 e. The zero-order chi connectivity index (χ0) is 26.2. The van der Waals surface area contributed by atoms with Gasteiger partial charge in [-0.05, 0) is 76.1 Å². The first-order chi connectivity index (χ1) is 17.7. The van der Waals surface area contributed by atoms with E-state index in [0.29, 0.717) is 31.1 Å². The lowest BCUT2D eigenvalue weighted by Gasteiger charge is -2.30. The molecule has 0 radical (unpaired) electrons. The van der Waals surface area contributed by atoms with Gasteiger partial charge in [0.1, 0.15) is 17.7 Å². The minimum atomic E-state index is -0.559. The summed E-state index contributed by atoms with van der Waals surface area (Å²) >= 11 is 0. The molecule has 3 heterocycles. The van der Waals surface area contributed by atoms with Crippen molar-refractivity contribution in [3.8, 4) is 11.6 Å². The molecule has 190 valence electrons. The minimum Gasteiger partial charge on any atom is -0.444 e. The second kappa shape index (κ2) is 9.57. The summed E-state index contributed by atoms with van der Waals surface area (Å²) in [6, 6.07) is 14.8. The third-order valence-corrected chi connectivity index (χ3v) is 5.98. The Bertz CT molecular complexity index is 1490. The molecule has 5 rings (SSSR count). The standard InChI is InChI=1S/C28H29N5O4/c1-18-6-5-7-20(14-18)31-26(34)33-13-10-19-15-21(8-9-24(19)33)36-25-22-11-12-32(16-23(22)29-17-30-25)27(35)37-28(2,3)4/h5-10,13-15,17H,11-12,16H2,1-4H3,(H,31,34). The monoisotopic (exact) mass is 499 g/mol. The molecule has 0 spiro atoms. The van der Waals surface area contributed by atoms with Gasteiger partial charge in [-0.3, -0.25) is 4.57 Å². The number of amides is 2. The normalized spacial score (nSPS) is 13.2. The van der Waals surface area contributed by atoms with E-state index < -0.39 is 5.60 Å². The Morgan fingerprint density at radius 2 is 1.89 bits per heavy atom. The van der Waals surface area contributed by atoms with Crippen LogP contribution in [0, 0.1) is 6.92 Å². The van der Waals surface area contributed by atoms with Crippen LogP contribution in [0.5, 0.6) is 11.6 Å². The van der Waals surface area contributed by atoms with Crippen LogP contribution >= 0.6 is 0 Å². The van der Waals surface area contributed by atoms with Crippen molar-refractivity contribution in [3.05, 3.63) is 77.9 Å². The maximum absolute atomic E-state index is 12.9. The fourth-order valence-corrected chi connectivity index (χ4v) is 4.27. The molecule has 37 heavy (non-hydrogen) atoms. The van der Waals surface area contributed by atoms with Gasteiger partial charge in [0.2, 0.25) is 5.88 Å². The number of anilines is 1. The summed E-state index contributed by atoms with van der Waals surface area (Å²) < 4.78 is 13.2. The van der Waals surface area contributed by atoms with Crippen LogP contribution in [-0.4, -0.2) is 43.7 Å². The van der Waals surface area contributed by atoms with Gasteiger partial charge in [-0.25, -0.2) is 19.6 Å². The van der Waals surface area contributed by atoms with Crippen LogP contribution in [0.1, 0.15) is 37.6 Å². The van der Waals surface area contributed by atoms with Crippen molar-refractivity contribution in [3.63, 3.8) is 0 Å². The number of carbonyl (C=O) groups is 2. The van der Waals surface area contributed by atoms with E-state index in [9.17, 15) is 9.59 Å². The maximum atomic E-state index is 12.9. The summed E-state index contributed by atoms with van der Waals surface area (Å²) in [6.07, 6.45) is 3.37. The molecule has 9 heteroatoms. The molecule has 1 aliphatic rings. The Morgan fingerprint density at radius 3 is 2.68 bits per heavy atom. The number of carbonyl (C=O) groups excluding carboxylic acids is 2. The molecule has 9 nitrogen and oxygen atoms in total. The Kier molecular flexibility index (Phi) is 6.29. The molecule has 0 unspecified atom stereocenters. The van der Waals surface area contributed by atoms with Gasteiger partial charge >= 0.3 is 12.1 Å². The zero-order valence-corrected chi connectivity index (χ0v) is 21.3. The molecule has 0 fully saturated rings. The summed E-state index contributed by atoms with van der Waals surface area (Å²) in [4.78, 5) is 35.7. The number of aromatic nitrogens is 3. The van der Waals surface area contributed by atoms with Gasteiger partial charge in [-0.2, -0.15) is 0 Å². The first-order valence-corrected chi connectivity index (χ1v) is 12.1. The van der Waals surface area contributed by atoms with Gasteiger partial charge in [0.15, 0.2) is 0 Å². The molecule has 2 aromatic carbocycles. The summed E-state index contributed by atoms with van der Waals surface area (Å²) in [5.74, 6) is 1.06. The Morgan fingerprint density at radius 1 is 1.05 bits per heavy atom. The average molecular weight is 500 g/mol. The fraction of sp³-hybridized carbons (Fsp3) is 0.286. The van der Waals surface area contributed by atoms with Crippen LogP contribution < -0.4 is 10.1 Å². The number of ether oxygens (including phenoxy) is 2. The van der Waals surface area contributed by atoms with Crippen molar-refractivity contribution in [2.75, 3.05) is 11.9 Å². The van der Waals surface area contributed by atoms with E-state index in [1.165, 1.54) is 6.33 Å². The fourth-order valence-electron chi connectivity index (χ4n) is 4.27. The number of aryl methyl sites for hydroxylation is 1. The van der Waals surface area contributed by atoms with E-state index >= 15 is 0 Å². The van der Waals surface area contributed by atoms with Crippen molar-refractivity contribution in [2.24, 2.45) is 0 Å². The highest BCUT2D eigenvalue weighted by Gasteiger charge is 2.28. The number of rotatable bonds is 3. The van der Waals surface area contributed by atoms with E-state index in [1.54, 1.807) is 15.7 Å². The predicted molar refractivity (Wildman–Crippen MR) is 140 cm³/mol. The first kappa shape index (κ1) is 24.3. The number of nitrogens with zero attached hydrogens (tertiary/aromatic N) is 4. The predicted octanol–water partition coefficient (Wildman–Crippen LogP) is 5.91. The van der Waals surface area contributed by atoms with Gasteiger partial charge in [0.05, 0.1) is 17.8 Å². The lowest BCUT2D eigenvalue weighted by atomic mass is 10.1. The van der Waals surface area contributed by atoms with Crippen molar-refractivity contribution in [1.82, 2.24) is 19.4 Å². The van der Waals surface area contributed by atoms with Crippen molar-refractivity contribution in [1.29, 1.82) is 0 Å². The van der Waals surface area contributed by atoms with Gasteiger partial charge in [0, 0.05) is 29.4 Å². The van der Waals surface area contributed by atoms with Gasteiger partial charge in [-0.15, -0.1) is 0 Å². The van der Waals surface area contributed by atoms with Crippen LogP contribution in [0.25, 0.3) is 10.9 Å². The molecule has 0 aliphatic carbocycles. The third-order valence-electron chi connectivity index (χ3n) is 5.98. The SMILES string of the molecule is Cc1cccc(NC(=O)n2ccc3cc(Oc4ncnc5c4CCN(C(=O)OC(C)(C)C)C5)ccc32)c1. The van der Waals surface area contributed by atoms with Gasteiger partial charge in [0.25, 0.3) is 0 Å². The molecule has 0 bridgehead atoms. The highest BCUT2D eigenvalue weighted by Crippen LogP contribution is 2.31. The molecule has 1 aliphatic heterocycles. The van der Waals surface area contributed by atoms with Crippen LogP contribution in [0.2, 0.25) is 0 Å². The number of nitrogens with one attached hydrogen (secondary N) is 1. The highest BCUT2D eigenvalue weighted by molar-refractivity contribution is 5.98. The van der Waals surface area contributed by atoms with E-state index in [-0.39, 0.29) is 12.1 Å². The summed E-state index contributed by atoms with van der Waals surface area (Å²) in [5, 5.41) is 3.79. The summed E-state index contributed by atoms with van der Waals surface area (Å²) in [7, 11) is 0. The second-order valence-corrected chi connectivity index (χ2v) is 10.1. The smallest absolute Gasteiger partial charge is 0.410 e. The number of hydrogen-bond acceptors (Lipinski definition) is 6. The first-order valence-electron chi connectivity index (χ1n) is 12.1. The lowest BCUT2D eigenvalue weighted by Crippen LogP contribution is -2.40. The Labute approximate surface area is 215 Å². The van der Waals surface area contributed by atoms with E-state index in [1.807, 2.05) is 76.2 Å². The molecular formula is C28H29N5O4. The molecule has 1 N–H and O–H groups in total. The Balaban J connectivity index is 1.32. The van der Waals surface area contributed by atoms with Crippen LogP contribution in [0.15, 0.2) is 61.1 Å². The topological polar surface area (TPSA) is 98.6 Å². The van der Waals surface area contributed by atoms with E-state index in [0.717, 1.165) is 33.4 Å². The highest BCUT2D eigenvalue weighted by atomic mass is 16.6. The van der Waals surface area contributed by atoms with Crippen molar-refractivity contribution >= 4 is 28.7 Å². The molecule has 2 aromatic heterocycles.